The maximum absolute atomic E-state index is 11.1. The Hall–Kier alpha value is 0.190. The van der Waals surface area contributed by atoms with E-state index in [9.17, 15) is 8.42 Å². The van der Waals surface area contributed by atoms with E-state index in [1.807, 2.05) is 0 Å². The first kappa shape index (κ1) is 7.82. The van der Waals surface area contributed by atoms with Crippen LogP contribution in [0.2, 0.25) is 0 Å². The smallest absolute Gasteiger partial charge is 0.153 e. The number of sulfone groups is 1. The average Bonchev–Trinajstić information content (AvgIpc) is 2.17. The molecular formula is C5H7NO2S3. The molecule has 62 valence electrons. The molecule has 2 heterocycles. The minimum Gasteiger partial charge on any atom is -0.366 e. The van der Waals surface area contributed by atoms with Crippen molar-refractivity contribution in [2.75, 3.05) is 11.5 Å². The molecule has 3 nitrogen and oxygen atoms in total. The summed E-state index contributed by atoms with van der Waals surface area (Å²) in [6, 6.07) is 0.0810. The highest BCUT2D eigenvalue weighted by molar-refractivity contribution is 8.24. The molecule has 0 aromatic carbocycles. The molecule has 0 aromatic rings. The van der Waals surface area contributed by atoms with Crippen LogP contribution in [0.4, 0.5) is 0 Å². The Kier molecular flexibility index (Phi) is 1.66. The van der Waals surface area contributed by atoms with Gasteiger partial charge in [0.15, 0.2) is 9.84 Å². The molecule has 0 spiro atoms. The third-order valence-corrected chi connectivity index (χ3v) is 5.34. The Morgan fingerprint density at radius 3 is 2.91 bits per heavy atom. The minimum atomic E-state index is -2.77. The van der Waals surface area contributed by atoms with E-state index in [2.05, 4.69) is 5.32 Å². The number of thioether (sulfide) groups is 1. The molecule has 2 saturated heterocycles. The maximum Gasteiger partial charge on any atom is 0.153 e. The quantitative estimate of drug-likeness (QED) is 0.559. The first-order valence-corrected chi connectivity index (χ1v) is 6.35. The number of hydrogen-bond donors (Lipinski definition) is 1. The fourth-order valence-electron chi connectivity index (χ4n) is 1.39. The van der Waals surface area contributed by atoms with Crippen molar-refractivity contribution in [3.8, 4) is 0 Å². The molecule has 6 heteroatoms. The Morgan fingerprint density at radius 2 is 2.27 bits per heavy atom. The second-order valence-electron chi connectivity index (χ2n) is 2.77. The predicted octanol–water partition coefficient (Wildman–Crippen LogP) is -0.227. The highest BCUT2D eigenvalue weighted by Crippen LogP contribution is 2.30. The van der Waals surface area contributed by atoms with Crippen LogP contribution >= 0.6 is 24.0 Å². The summed E-state index contributed by atoms with van der Waals surface area (Å²) in [5.74, 6) is 0.542. The third-order valence-electron chi connectivity index (χ3n) is 1.86. The van der Waals surface area contributed by atoms with Gasteiger partial charge in [0.25, 0.3) is 0 Å². The number of nitrogens with one attached hydrogen (secondary N) is 1. The normalized spacial score (nSPS) is 40.2. The molecule has 0 amide bonds. The van der Waals surface area contributed by atoms with Gasteiger partial charge in [0, 0.05) is 5.25 Å². The van der Waals surface area contributed by atoms with E-state index in [1.54, 1.807) is 0 Å². The molecular weight excluding hydrogens is 202 g/mol. The number of rotatable bonds is 0. The molecule has 0 bridgehead atoms. The van der Waals surface area contributed by atoms with Gasteiger partial charge >= 0.3 is 0 Å². The summed E-state index contributed by atoms with van der Waals surface area (Å²) in [5, 5.41) is 3.16. The average molecular weight is 209 g/mol. The van der Waals surface area contributed by atoms with Crippen molar-refractivity contribution in [3.63, 3.8) is 0 Å². The van der Waals surface area contributed by atoms with Gasteiger partial charge in [-0.2, -0.15) is 0 Å². The second kappa shape index (κ2) is 2.34. The van der Waals surface area contributed by atoms with E-state index < -0.39 is 9.84 Å². The van der Waals surface area contributed by atoms with Crippen molar-refractivity contribution in [1.82, 2.24) is 5.32 Å². The molecule has 2 rings (SSSR count). The van der Waals surface area contributed by atoms with Crippen molar-refractivity contribution in [3.05, 3.63) is 0 Å². The van der Waals surface area contributed by atoms with Gasteiger partial charge < -0.3 is 5.32 Å². The van der Waals surface area contributed by atoms with Gasteiger partial charge in [0.2, 0.25) is 0 Å². The topological polar surface area (TPSA) is 46.2 Å². The number of hydrogen-bond acceptors (Lipinski definition) is 4. The van der Waals surface area contributed by atoms with Crippen LogP contribution in [0.5, 0.6) is 0 Å². The zero-order chi connectivity index (χ0) is 8.06. The molecule has 2 aliphatic heterocycles. The van der Waals surface area contributed by atoms with Crippen molar-refractivity contribution >= 4 is 38.1 Å². The van der Waals surface area contributed by atoms with Gasteiger partial charge in [0.05, 0.1) is 17.5 Å². The van der Waals surface area contributed by atoms with Crippen molar-refractivity contribution in [2.24, 2.45) is 0 Å². The lowest BCUT2D eigenvalue weighted by Gasteiger charge is -2.02. The van der Waals surface area contributed by atoms with Gasteiger partial charge in [-0.3, -0.25) is 0 Å². The fourth-order valence-corrected chi connectivity index (χ4v) is 5.48. The standard InChI is InChI=1S/C5H7NO2S3/c7-11(8)1-3-4(2-11)10-5(9)6-3/h3-4H,1-2H2,(H,6,9). The maximum atomic E-state index is 11.1. The Morgan fingerprint density at radius 1 is 1.55 bits per heavy atom. The number of thiocarbonyl (C=S) groups is 1. The van der Waals surface area contributed by atoms with Gasteiger partial charge in [-0.1, -0.05) is 24.0 Å². The van der Waals surface area contributed by atoms with E-state index in [4.69, 9.17) is 12.2 Å². The van der Waals surface area contributed by atoms with Crippen LogP contribution < -0.4 is 5.32 Å². The summed E-state index contributed by atoms with van der Waals surface area (Å²) >= 11 is 6.38. The molecule has 0 aliphatic carbocycles. The lowest BCUT2D eigenvalue weighted by molar-refractivity contribution is 0.600. The lowest BCUT2D eigenvalue weighted by Crippen LogP contribution is -2.30. The zero-order valence-corrected chi connectivity index (χ0v) is 8.06. The molecule has 1 N–H and O–H groups in total. The monoisotopic (exact) mass is 209 g/mol. The predicted molar refractivity (Wildman–Crippen MR) is 49.6 cm³/mol. The van der Waals surface area contributed by atoms with Crippen LogP contribution in [0.15, 0.2) is 0 Å². The van der Waals surface area contributed by atoms with Crippen LogP contribution in [0, 0.1) is 0 Å². The molecule has 2 aliphatic rings. The zero-order valence-electron chi connectivity index (χ0n) is 5.61. The summed E-state index contributed by atoms with van der Waals surface area (Å²) < 4.78 is 22.9. The first-order valence-electron chi connectivity index (χ1n) is 3.24. The molecule has 0 radical (unpaired) electrons. The minimum absolute atomic E-state index is 0.0810. The third kappa shape index (κ3) is 1.39. The van der Waals surface area contributed by atoms with E-state index in [0.29, 0.717) is 0 Å². The molecule has 2 atom stereocenters. The summed E-state index contributed by atoms with van der Waals surface area (Å²) in [5.41, 5.74) is 0. The van der Waals surface area contributed by atoms with Gasteiger partial charge in [-0.25, -0.2) is 8.42 Å². The highest BCUT2D eigenvalue weighted by atomic mass is 32.2. The van der Waals surface area contributed by atoms with E-state index in [-0.39, 0.29) is 22.8 Å². The number of fused-ring (bicyclic) bond motifs is 1. The fraction of sp³-hybridized carbons (Fsp3) is 0.800. The first-order chi connectivity index (χ1) is 5.07. The van der Waals surface area contributed by atoms with Crippen LogP contribution in [0.25, 0.3) is 0 Å². The Labute approximate surface area is 74.8 Å². The van der Waals surface area contributed by atoms with E-state index in [1.165, 1.54) is 11.8 Å². The summed E-state index contributed by atoms with van der Waals surface area (Å²) in [6.45, 7) is 0. The van der Waals surface area contributed by atoms with Gasteiger partial charge in [0.1, 0.15) is 4.32 Å². The van der Waals surface area contributed by atoms with E-state index in [0.717, 1.165) is 4.32 Å². The summed E-state index contributed by atoms with van der Waals surface area (Å²) in [4.78, 5) is 0. The second-order valence-corrected chi connectivity index (χ2v) is 6.84. The summed E-state index contributed by atoms with van der Waals surface area (Å²) in [6.07, 6.45) is 0. The van der Waals surface area contributed by atoms with E-state index >= 15 is 0 Å². The van der Waals surface area contributed by atoms with Crippen LogP contribution in [-0.2, 0) is 9.84 Å². The molecule has 0 saturated carbocycles. The van der Waals surface area contributed by atoms with Crippen LogP contribution in [0.3, 0.4) is 0 Å². The molecule has 11 heavy (non-hydrogen) atoms. The largest absolute Gasteiger partial charge is 0.366 e. The SMILES string of the molecule is O=S1(=O)CC2NC(=S)SC2C1. The Balaban J connectivity index is 2.22. The molecule has 2 fully saturated rings. The lowest BCUT2D eigenvalue weighted by atomic mass is 10.3. The van der Waals surface area contributed by atoms with Crippen LogP contribution in [0.1, 0.15) is 0 Å². The van der Waals surface area contributed by atoms with Gasteiger partial charge in [-0.05, 0) is 0 Å². The van der Waals surface area contributed by atoms with Crippen molar-refractivity contribution < 1.29 is 8.42 Å². The Bertz CT molecular complexity index is 275. The summed E-state index contributed by atoms with van der Waals surface area (Å²) in [7, 11) is -2.77. The van der Waals surface area contributed by atoms with Crippen LogP contribution in [-0.4, -0.2) is 35.5 Å². The van der Waals surface area contributed by atoms with Gasteiger partial charge in [-0.15, -0.1) is 0 Å². The van der Waals surface area contributed by atoms with Crippen molar-refractivity contribution in [2.45, 2.75) is 11.3 Å². The molecule has 0 aromatic heterocycles. The van der Waals surface area contributed by atoms with Crippen molar-refractivity contribution in [1.29, 1.82) is 0 Å². The highest BCUT2D eigenvalue weighted by Gasteiger charge is 2.43. The molecule has 2 unspecified atom stereocenters.